The number of aromatic nitrogens is 4. The van der Waals surface area contributed by atoms with Crippen molar-refractivity contribution in [2.45, 2.75) is 19.8 Å². The number of carbonyl (C=O) groups is 1. The molecule has 0 spiro atoms. The van der Waals surface area contributed by atoms with Gasteiger partial charge in [-0.25, -0.2) is 9.37 Å². The molecule has 0 saturated carbocycles. The zero-order chi connectivity index (χ0) is 21.1. The largest absolute Gasteiger partial charge is 0.368 e. The second-order valence-corrected chi connectivity index (χ2v) is 7.14. The number of halogens is 1. The number of nitrogens with zero attached hydrogens (tertiary/aromatic N) is 3. The van der Waals surface area contributed by atoms with Gasteiger partial charge in [-0.15, -0.1) is 10.2 Å². The van der Waals surface area contributed by atoms with Crippen molar-refractivity contribution < 1.29 is 9.18 Å². The first-order chi connectivity index (χ1) is 14.5. The van der Waals surface area contributed by atoms with Crippen LogP contribution in [0.3, 0.4) is 0 Å². The van der Waals surface area contributed by atoms with E-state index in [2.05, 4.69) is 37.7 Å². The highest BCUT2D eigenvalue weighted by atomic mass is 19.1. The fourth-order valence-electron chi connectivity index (χ4n) is 3.14. The summed E-state index contributed by atoms with van der Waals surface area (Å²) < 4.78 is 13.1. The molecule has 0 radical (unpaired) electrons. The van der Waals surface area contributed by atoms with Gasteiger partial charge in [0.15, 0.2) is 0 Å². The van der Waals surface area contributed by atoms with Crippen molar-refractivity contribution in [3.63, 3.8) is 0 Å². The Balaban J connectivity index is 1.43. The lowest BCUT2D eigenvalue weighted by atomic mass is 10.0. The lowest BCUT2D eigenvalue weighted by molar-refractivity contribution is -0.114. The van der Waals surface area contributed by atoms with Crippen molar-refractivity contribution in [3.8, 4) is 11.3 Å². The Bertz CT molecular complexity index is 1170. The zero-order valence-corrected chi connectivity index (χ0v) is 16.6. The number of rotatable bonds is 6. The molecule has 4 aromatic rings. The number of aromatic amines is 1. The average Bonchev–Trinajstić information content (AvgIpc) is 3.13. The standard InChI is InChI=1S/C22H21FN6O/c1-13(15-3-6-17(23)7-4-15)12-24-21-10-9-18(28-29-21)16-5-8-19-20(11-16)27-22(26-19)25-14(2)30/h3-11,13H,12H2,1-2H3,(H,24,29)(H2,25,26,27,30). The minimum Gasteiger partial charge on any atom is -0.368 e. The van der Waals surface area contributed by atoms with Crippen molar-refractivity contribution in [2.75, 3.05) is 17.2 Å². The molecule has 1 atom stereocenters. The molecule has 30 heavy (non-hydrogen) atoms. The van der Waals surface area contributed by atoms with Crippen LogP contribution in [0.2, 0.25) is 0 Å². The first-order valence-corrected chi connectivity index (χ1v) is 9.59. The predicted molar refractivity (Wildman–Crippen MR) is 115 cm³/mol. The van der Waals surface area contributed by atoms with E-state index in [1.165, 1.54) is 19.1 Å². The number of carbonyl (C=O) groups excluding carboxylic acids is 1. The van der Waals surface area contributed by atoms with Crippen LogP contribution in [0, 0.1) is 5.82 Å². The molecule has 0 bridgehead atoms. The molecule has 0 saturated heterocycles. The molecule has 0 aliphatic heterocycles. The highest BCUT2D eigenvalue weighted by Gasteiger charge is 2.09. The van der Waals surface area contributed by atoms with Crippen LogP contribution in [0.15, 0.2) is 54.6 Å². The Hall–Kier alpha value is -3.81. The van der Waals surface area contributed by atoms with Crippen molar-refractivity contribution in [1.29, 1.82) is 0 Å². The van der Waals surface area contributed by atoms with E-state index in [-0.39, 0.29) is 17.6 Å². The fourth-order valence-corrected chi connectivity index (χ4v) is 3.14. The Morgan fingerprint density at radius 3 is 2.60 bits per heavy atom. The van der Waals surface area contributed by atoms with E-state index in [1.54, 1.807) is 12.1 Å². The SMILES string of the molecule is CC(=O)Nc1nc2cc(-c3ccc(NCC(C)c4ccc(F)cc4)nn3)ccc2[nH]1. The van der Waals surface area contributed by atoms with E-state index in [9.17, 15) is 9.18 Å². The maximum absolute atomic E-state index is 13.1. The molecule has 4 rings (SSSR count). The summed E-state index contributed by atoms with van der Waals surface area (Å²) in [5.74, 6) is 0.862. The van der Waals surface area contributed by atoms with E-state index >= 15 is 0 Å². The smallest absolute Gasteiger partial charge is 0.223 e. The lowest BCUT2D eigenvalue weighted by Crippen LogP contribution is -2.11. The van der Waals surface area contributed by atoms with E-state index in [0.29, 0.717) is 18.3 Å². The molecule has 152 valence electrons. The number of amides is 1. The lowest BCUT2D eigenvalue weighted by Gasteiger charge is -2.13. The van der Waals surface area contributed by atoms with Crippen molar-refractivity contribution in [2.24, 2.45) is 0 Å². The number of H-pyrrole nitrogens is 1. The van der Waals surface area contributed by atoms with Crippen molar-refractivity contribution in [3.05, 3.63) is 66.0 Å². The Kier molecular flexibility index (Phi) is 5.38. The molecular weight excluding hydrogens is 383 g/mol. The van der Waals surface area contributed by atoms with Crippen LogP contribution in [0.25, 0.3) is 22.3 Å². The topological polar surface area (TPSA) is 95.6 Å². The molecule has 0 aliphatic rings. The van der Waals surface area contributed by atoms with Gasteiger partial charge in [0.05, 0.1) is 16.7 Å². The fraction of sp³-hybridized carbons (Fsp3) is 0.182. The molecule has 8 heteroatoms. The summed E-state index contributed by atoms with van der Waals surface area (Å²) in [6.45, 7) is 4.16. The molecule has 2 heterocycles. The summed E-state index contributed by atoms with van der Waals surface area (Å²) in [6, 6.07) is 16.0. The van der Waals surface area contributed by atoms with Gasteiger partial charge in [-0.1, -0.05) is 25.1 Å². The summed E-state index contributed by atoms with van der Waals surface area (Å²) in [5.41, 5.74) is 4.21. The molecule has 1 unspecified atom stereocenters. The zero-order valence-electron chi connectivity index (χ0n) is 16.6. The molecule has 2 aromatic heterocycles. The van der Waals surface area contributed by atoms with Gasteiger partial charge in [0.2, 0.25) is 11.9 Å². The molecule has 3 N–H and O–H groups in total. The number of hydrogen-bond acceptors (Lipinski definition) is 5. The summed E-state index contributed by atoms with van der Waals surface area (Å²) in [4.78, 5) is 18.6. The van der Waals surface area contributed by atoms with Crippen LogP contribution in [-0.2, 0) is 4.79 Å². The molecule has 7 nitrogen and oxygen atoms in total. The molecular formula is C22H21FN6O. The number of imidazole rings is 1. The van der Waals surface area contributed by atoms with Gasteiger partial charge < -0.3 is 10.3 Å². The summed E-state index contributed by atoms with van der Waals surface area (Å²) >= 11 is 0. The van der Waals surface area contributed by atoms with Gasteiger partial charge in [0.1, 0.15) is 11.6 Å². The number of hydrogen-bond donors (Lipinski definition) is 3. The van der Waals surface area contributed by atoms with Crippen LogP contribution in [0.5, 0.6) is 0 Å². The maximum Gasteiger partial charge on any atom is 0.223 e. The third kappa shape index (κ3) is 4.43. The molecule has 2 aromatic carbocycles. The number of nitrogens with one attached hydrogen (secondary N) is 3. The van der Waals surface area contributed by atoms with E-state index in [1.807, 2.05) is 30.3 Å². The van der Waals surface area contributed by atoms with Gasteiger partial charge in [0.25, 0.3) is 0 Å². The third-order valence-corrected chi connectivity index (χ3v) is 4.77. The first kappa shape index (κ1) is 19.5. The average molecular weight is 404 g/mol. The van der Waals surface area contributed by atoms with Crippen LogP contribution in [0.1, 0.15) is 25.3 Å². The minimum absolute atomic E-state index is 0.183. The number of anilines is 2. The normalized spacial score (nSPS) is 12.0. The number of benzene rings is 2. The third-order valence-electron chi connectivity index (χ3n) is 4.77. The van der Waals surface area contributed by atoms with Gasteiger partial charge in [-0.05, 0) is 47.9 Å². The van der Waals surface area contributed by atoms with Gasteiger partial charge in [-0.2, -0.15) is 0 Å². The van der Waals surface area contributed by atoms with Crippen LogP contribution < -0.4 is 10.6 Å². The van der Waals surface area contributed by atoms with Crippen molar-refractivity contribution >= 4 is 28.7 Å². The second kappa shape index (κ2) is 8.28. The van der Waals surface area contributed by atoms with Gasteiger partial charge >= 0.3 is 0 Å². The highest BCUT2D eigenvalue weighted by molar-refractivity contribution is 5.90. The van der Waals surface area contributed by atoms with Crippen molar-refractivity contribution in [1.82, 2.24) is 20.2 Å². The van der Waals surface area contributed by atoms with E-state index in [0.717, 1.165) is 27.9 Å². The number of fused-ring (bicyclic) bond motifs is 1. The van der Waals surface area contributed by atoms with Gasteiger partial charge in [0, 0.05) is 19.0 Å². The first-order valence-electron chi connectivity index (χ1n) is 9.59. The summed E-state index contributed by atoms with van der Waals surface area (Å²) in [5, 5.41) is 14.5. The van der Waals surface area contributed by atoms with Crippen LogP contribution in [0.4, 0.5) is 16.2 Å². The molecule has 0 fully saturated rings. The monoisotopic (exact) mass is 404 g/mol. The second-order valence-electron chi connectivity index (χ2n) is 7.14. The van der Waals surface area contributed by atoms with E-state index < -0.39 is 0 Å². The minimum atomic E-state index is -0.236. The predicted octanol–water partition coefficient (Wildman–Crippen LogP) is 4.33. The Labute approximate surface area is 172 Å². The highest BCUT2D eigenvalue weighted by Crippen LogP contribution is 2.23. The van der Waals surface area contributed by atoms with E-state index in [4.69, 9.17) is 0 Å². The Morgan fingerprint density at radius 2 is 1.90 bits per heavy atom. The molecule has 0 aliphatic carbocycles. The molecule has 1 amide bonds. The quantitative estimate of drug-likeness (QED) is 0.444. The van der Waals surface area contributed by atoms with Crippen LogP contribution in [-0.4, -0.2) is 32.6 Å². The summed E-state index contributed by atoms with van der Waals surface area (Å²) in [6.07, 6.45) is 0. The van der Waals surface area contributed by atoms with Crippen LogP contribution >= 0.6 is 0 Å². The Morgan fingerprint density at radius 1 is 1.10 bits per heavy atom. The van der Waals surface area contributed by atoms with Gasteiger partial charge in [-0.3, -0.25) is 10.1 Å². The summed E-state index contributed by atoms with van der Waals surface area (Å²) in [7, 11) is 0. The maximum atomic E-state index is 13.1.